The molecule has 1 aliphatic carbocycles. The van der Waals surface area contributed by atoms with Crippen LogP contribution in [0.15, 0.2) is 37.2 Å². The van der Waals surface area contributed by atoms with Crippen molar-refractivity contribution in [1.82, 2.24) is 19.7 Å². The average molecular weight is 272 g/mol. The van der Waals surface area contributed by atoms with E-state index in [0.717, 1.165) is 18.4 Å². The molecule has 1 fully saturated rings. The van der Waals surface area contributed by atoms with Gasteiger partial charge in [-0.1, -0.05) is 25.3 Å². The smallest absolute Gasteiger partial charge is 0.137 e. The summed E-state index contributed by atoms with van der Waals surface area (Å²) in [4.78, 5) is 8.14. The molecular formula is C15H20N4O. The molecule has 5 nitrogen and oxygen atoms in total. The maximum absolute atomic E-state index is 11.4. The Hall–Kier alpha value is -1.75. The summed E-state index contributed by atoms with van der Waals surface area (Å²) in [7, 11) is 0. The summed E-state index contributed by atoms with van der Waals surface area (Å²) in [5.74, 6) is 0.254. The van der Waals surface area contributed by atoms with E-state index >= 15 is 0 Å². The van der Waals surface area contributed by atoms with Crippen LogP contribution in [0.1, 0.15) is 37.7 Å². The molecular weight excluding hydrogens is 252 g/mol. The van der Waals surface area contributed by atoms with E-state index in [4.69, 9.17) is 0 Å². The van der Waals surface area contributed by atoms with Gasteiger partial charge in [0.05, 0.1) is 6.54 Å². The van der Waals surface area contributed by atoms with Crippen molar-refractivity contribution in [2.45, 2.75) is 44.2 Å². The molecule has 1 atom stereocenters. The van der Waals surface area contributed by atoms with Crippen molar-refractivity contribution >= 4 is 0 Å². The molecule has 2 heterocycles. The first kappa shape index (κ1) is 13.2. The van der Waals surface area contributed by atoms with Crippen molar-refractivity contribution < 1.29 is 5.11 Å². The van der Waals surface area contributed by atoms with Crippen LogP contribution in [0.4, 0.5) is 0 Å². The van der Waals surface area contributed by atoms with E-state index in [1.807, 2.05) is 12.1 Å². The Morgan fingerprint density at radius 2 is 2.10 bits per heavy atom. The average Bonchev–Trinajstić information content (AvgIpc) is 3.02. The Balaban J connectivity index is 1.93. The Morgan fingerprint density at radius 1 is 1.25 bits per heavy atom. The van der Waals surface area contributed by atoms with Crippen molar-refractivity contribution in [3.05, 3.63) is 42.7 Å². The summed E-state index contributed by atoms with van der Waals surface area (Å²) in [6.07, 6.45) is 12.4. The summed E-state index contributed by atoms with van der Waals surface area (Å²) in [6, 6.07) is 3.84. The topological polar surface area (TPSA) is 63.8 Å². The van der Waals surface area contributed by atoms with E-state index in [1.54, 1.807) is 23.4 Å². The van der Waals surface area contributed by atoms with Gasteiger partial charge < -0.3 is 5.11 Å². The molecule has 0 amide bonds. The lowest BCUT2D eigenvalue weighted by Gasteiger charge is -2.38. The summed E-state index contributed by atoms with van der Waals surface area (Å²) < 4.78 is 1.71. The summed E-state index contributed by atoms with van der Waals surface area (Å²) in [5.41, 5.74) is -0.0371. The second-order valence-electron chi connectivity index (χ2n) is 5.59. The van der Waals surface area contributed by atoms with E-state index in [-0.39, 0.29) is 5.92 Å². The molecule has 0 radical (unpaired) electrons. The quantitative estimate of drug-likeness (QED) is 0.926. The van der Waals surface area contributed by atoms with Crippen LogP contribution in [-0.2, 0) is 12.1 Å². The van der Waals surface area contributed by atoms with Gasteiger partial charge in [-0.25, -0.2) is 9.67 Å². The zero-order valence-corrected chi connectivity index (χ0v) is 11.5. The fourth-order valence-corrected chi connectivity index (χ4v) is 3.22. The van der Waals surface area contributed by atoms with E-state index in [2.05, 4.69) is 15.1 Å². The second-order valence-corrected chi connectivity index (χ2v) is 5.59. The molecule has 106 valence electrons. The standard InChI is InChI=1S/C15H20N4O/c20-15(10-19-12-17-11-18-19,13-5-2-1-3-6-13)14-7-4-8-16-9-14/h4,7-9,11-13,20H,1-3,5-6,10H2. The highest BCUT2D eigenvalue weighted by Gasteiger charge is 2.39. The Kier molecular flexibility index (Phi) is 3.78. The number of aliphatic hydroxyl groups is 1. The predicted molar refractivity (Wildman–Crippen MR) is 74.7 cm³/mol. The first-order valence-electron chi connectivity index (χ1n) is 7.24. The van der Waals surface area contributed by atoms with E-state index in [9.17, 15) is 5.11 Å². The lowest BCUT2D eigenvalue weighted by atomic mass is 9.73. The maximum Gasteiger partial charge on any atom is 0.137 e. The normalized spacial score (nSPS) is 19.6. The van der Waals surface area contributed by atoms with Gasteiger partial charge in [-0.05, 0) is 24.8 Å². The fourth-order valence-electron chi connectivity index (χ4n) is 3.22. The van der Waals surface area contributed by atoms with Crippen LogP contribution in [-0.4, -0.2) is 24.9 Å². The van der Waals surface area contributed by atoms with Gasteiger partial charge in [-0.15, -0.1) is 0 Å². The van der Waals surface area contributed by atoms with Crippen LogP contribution in [0, 0.1) is 5.92 Å². The number of hydrogen-bond donors (Lipinski definition) is 1. The van der Waals surface area contributed by atoms with E-state index in [0.29, 0.717) is 6.54 Å². The third-order valence-electron chi connectivity index (χ3n) is 4.31. The lowest BCUT2D eigenvalue weighted by Crippen LogP contribution is -2.40. The minimum Gasteiger partial charge on any atom is -0.383 e. The lowest BCUT2D eigenvalue weighted by molar-refractivity contribution is -0.0560. The molecule has 1 N–H and O–H groups in total. The summed E-state index contributed by atoms with van der Waals surface area (Å²) >= 11 is 0. The zero-order chi connectivity index (χ0) is 13.8. The van der Waals surface area contributed by atoms with Crippen LogP contribution in [0.5, 0.6) is 0 Å². The Morgan fingerprint density at radius 3 is 2.75 bits per heavy atom. The molecule has 0 bridgehead atoms. The van der Waals surface area contributed by atoms with Crippen LogP contribution in [0.3, 0.4) is 0 Å². The van der Waals surface area contributed by atoms with Crippen LogP contribution in [0.2, 0.25) is 0 Å². The number of hydrogen-bond acceptors (Lipinski definition) is 4. The molecule has 3 rings (SSSR count). The van der Waals surface area contributed by atoms with E-state index < -0.39 is 5.60 Å². The van der Waals surface area contributed by atoms with Gasteiger partial charge in [0.1, 0.15) is 18.3 Å². The predicted octanol–water partition coefficient (Wildman–Crippen LogP) is 2.14. The fraction of sp³-hybridized carbons (Fsp3) is 0.533. The molecule has 5 heteroatoms. The molecule has 1 unspecified atom stereocenters. The molecule has 1 aliphatic rings. The largest absolute Gasteiger partial charge is 0.383 e. The minimum absolute atomic E-state index is 0.254. The first-order valence-corrected chi connectivity index (χ1v) is 7.24. The molecule has 0 aliphatic heterocycles. The van der Waals surface area contributed by atoms with Crippen molar-refractivity contribution in [2.75, 3.05) is 0 Å². The Labute approximate surface area is 118 Å². The summed E-state index contributed by atoms with van der Waals surface area (Å²) in [6.45, 7) is 0.434. The third kappa shape index (κ3) is 2.58. The highest BCUT2D eigenvalue weighted by Crippen LogP contribution is 2.40. The van der Waals surface area contributed by atoms with Gasteiger partial charge >= 0.3 is 0 Å². The Bertz CT molecular complexity index is 522. The van der Waals surface area contributed by atoms with Gasteiger partial charge in [0, 0.05) is 18.0 Å². The van der Waals surface area contributed by atoms with Gasteiger partial charge in [0.2, 0.25) is 0 Å². The number of nitrogens with zero attached hydrogens (tertiary/aromatic N) is 4. The van der Waals surface area contributed by atoms with E-state index in [1.165, 1.54) is 25.6 Å². The molecule has 0 spiro atoms. The number of rotatable bonds is 4. The highest BCUT2D eigenvalue weighted by atomic mass is 16.3. The molecule has 2 aromatic heterocycles. The van der Waals surface area contributed by atoms with Crippen LogP contribution >= 0.6 is 0 Å². The van der Waals surface area contributed by atoms with Gasteiger partial charge in [-0.3, -0.25) is 4.98 Å². The van der Waals surface area contributed by atoms with Crippen molar-refractivity contribution in [3.8, 4) is 0 Å². The van der Waals surface area contributed by atoms with Gasteiger partial charge in [0.15, 0.2) is 0 Å². The molecule has 0 saturated heterocycles. The third-order valence-corrected chi connectivity index (χ3v) is 4.31. The van der Waals surface area contributed by atoms with Crippen molar-refractivity contribution in [2.24, 2.45) is 5.92 Å². The first-order chi connectivity index (χ1) is 9.79. The molecule has 20 heavy (non-hydrogen) atoms. The van der Waals surface area contributed by atoms with Gasteiger partial charge in [-0.2, -0.15) is 5.10 Å². The van der Waals surface area contributed by atoms with Gasteiger partial charge in [0.25, 0.3) is 0 Å². The summed E-state index contributed by atoms with van der Waals surface area (Å²) in [5, 5.41) is 15.5. The molecule has 1 saturated carbocycles. The molecule has 2 aromatic rings. The monoisotopic (exact) mass is 272 g/mol. The minimum atomic E-state index is -0.914. The zero-order valence-electron chi connectivity index (χ0n) is 11.5. The second kappa shape index (κ2) is 5.71. The number of aromatic nitrogens is 4. The van der Waals surface area contributed by atoms with Crippen LogP contribution < -0.4 is 0 Å². The molecule has 0 aromatic carbocycles. The maximum atomic E-state index is 11.4. The number of pyridine rings is 1. The van der Waals surface area contributed by atoms with Crippen LogP contribution in [0.25, 0.3) is 0 Å². The van der Waals surface area contributed by atoms with Crippen molar-refractivity contribution in [1.29, 1.82) is 0 Å². The highest BCUT2D eigenvalue weighted by molar-refractivity contribution is 5.19. The van der Waals surface area contributed by atoms with Crippen molar-refractivity contribution in [3.63, 3.8) is 0 Å². The SMILES string of the molecule is OC(Cn1cncn1)(c1cccnc1)C1CCCCC1.